The number of nitrogens with zero attached hydrogens (tertiary/aromatic N) is 2. The summed E-state index contributed by atoms with van der Waals surface area (Å²) < 4.78 is 38.1. The van der Waals surface area contributed by atoms with E-state index < -0.39 is 10.0 Å². The van der Waals surface area contributed by atoms with Gasteiger partial charge in [0.1, 0.15) is 0 Å². The van der Waals surface area contributed by atoms with E-state index in [1.54, 1.807) is 6.07 Å². The third kappa shape index (κ3) is 6.18. The van der Waals surface area contributed by atoms with Crippen molar-refractivity contribution in [2.75, 3.05) is 53.5 Å². The monoisotopic (exact) mass is 433 g/mol. The summed E-state index contributed by atoms with van der Waals surface area (Å²) in [5, 5.41) is 0. The molecule has 0 saturated carbocycles. The smallest absolute Gasteiger partial charge is 0.240 e. The number of nitrogens with one attached hydrogen (secondary N) is 1. The van der Waals surface area contributed by atoms with Crippen LogP contribution in [-0.4, -0.2) is 71.7 Å². The first-order chi connectivity index (χ1) is 14.5. The van der Waals surface area contributed by atoms with E-state index >= 15 is 0 Å². The van der Waals surface area contributed by atoms with E-state index in [1.807, 2.05) is 6.07 Å². The minimum atomic E-state index is -3.58. The van der Waals surface area contributed by atoms with Crippen molar-refractivity contribution >= 4 is 10.0 Å². The van der Waals surface area contributed by atoms with Gasteiger partial charge in [0.05, 0.1) is 19.1 Å². The van der Waals surface area contributed by atoms with Crippen molar-refractivity contribution in [1.82, 2.24) is 14.5 Å². The Kier molecular flexibility index (Phi) is 8.09. The molecule has 1 aliphatic rings. The lowest BCUT2D eigenvalue weighted by atomic mass is 10.2. The largest absolute Gasteiger partial charge is 0.493 e. The van der Waals surface area contributed by atoms with Crippen molar-refractivity contribution < 1.29 is 17.9 Å². The van der Waals surface area contributed by atoms with Gasteiger partial charge in [-0.05, 0) is 30.7 Å². The van der Waals surface area contributed by atoms with Gasteiger partial charge in [0.15, 0.2) is 11.5 Å². The number of benzene rings is 2. The van der Waals surface area contributed by atoms with Crippen LogP contribution in [0.4, 0.5) is 0 Å². The second kappa shape index (κ2) is 10.8. The van der Waals surface area contributed by atoms with Crippen molar-refractivity contribution in [3.63, 3.8) is 0 Å². The fraction of sp³-hybridized carbons (Fsp3) is 0.455. The van der Waals surface area contributed by atoms with E-state index in [1.165, 1.54) is 31.9 Å². The molecule has 0 aromatic heterocycles. The minimum Gasteiger partial charge on any atom is -0.493 e. The highest BCUT2D eigenvalue weighted by molar-refractivity contribution is 7.89. The predicted octanol–water partition coefficient (Wildman–Crippen LogP) is 2.19. The SMILES string of the molecule is COc1ccc(S(=O)(=O)NCCCN2CCN(Cc3ccccc3)CC2)cc1OC. The first-order valence-electron chi connectivity index (χ1n) is 10.2. The lowest BCUT2D eigenvalue weighted by Crippen LogP contribution is -2.46. The Morgan fingerprint density at radius 3 is 2.23 bits per heavy atom. The average molecular weight is 434 g/mol. The van der Waals surface area contributed by atoms with E-state index in [0.717, 1.165) is 45.7 Å². The number of hydrogen-bond donors (Lipinski definition) is 1. The molecule has 0 unspecified atom stereocenters. The van der Waals surface area contributed by atoms with Gasteiger partial charge in [-0.3, -0.25) is 4.90 Å². The Bertz CT molecular complexity index is 898. The number of hydrogen-bond acceptors (Lipinski definition) is 6. The van der Waals surface area contributed by atoms with Gasteiger partial charge in [-0.25, -0.2) is 13.1 Å². The van der Waals surface area contributed by atoms with Crippen LogP contribution in [0.2, 0.25) is 0 Å². The summed E-state index contributed by atoms with van der Waals surface area (Å²) >= 11 is 0. The summed E-state index contributed by atoms with van der Waals surface area (Å²) in [6.07, 6.45) is 0.769. The second-order valence-electron chi connectivity index (χ2n) is 7.37. The lowest BCUT2D eigenvalue weighted by molar-refractivity contribution is 0.126. The molecule has 2 aromatic carbocycles. The average Bonchev–Trinajstić information content (AvgIpc) is 2.78. The maximum Gasteiger partial charge on any atom is 0.240 e. The Morgan fingerprint density at radius 1 is 0.900 bits per heavy atom. The first kappa shape index (κ1) is 22.6. The topological polar surface area (TPSA) is 71.1 Å². The van der Waals surface area contributed by atoms with Gasteiger partial charge in [0, 0.05) is 45.3 Å². The van der Waals surface area contributed by atoms with Crippen LogP contribution in [0, 0.1) is 0 Å². The summed E-state index contributed by atoms with van der Waals surface area (Å²) in [6.45, 7) is 6.36. The fourth-order valence-corrected chi connectivity index (χ4v) is 4.68. The van der Waals surface area contributed by atoms with Crippen LogP contribution in [-0.2, 0) is 16.6 Å². The van der Waals surface area contributed by atoms with Crippen molar-refractivity contribution in [2.45, 2.75) is 17.9 Å². The number of ether oxygens (including phenoxy) is 2. The van der Waals surface area contributed by atoms with Crippen LogP contribution >= 0.6 is 0 Å². The highest BCUT2D eigenvalue weighted by Gasteiger charge is 2.18. The van der Waals surface area contributed by atoms with Crippen LogP contribution in [0.25, 0.3) is 0 Å². The molecule has 0 bridgehead atoms. The van der Waals surface area contributed by atoms with Gasteiger partial charge in [-0.2, -0.15) is 0 Å². The van der Waals surface area contributed by atoms with E-state index in [0.29, 0.717) is 18.0 Å². The first-order valence-corrected chi connectivity index (χ1v) is 11.7. The molecule has 0 spiro atoms. The Morgan fingerprint density at radius 2 is 1.57 bits per heavy atom. The van der Waals surface area contributed by atoms with Crippen LogP contribution in [0.15, 0.2) is 53.4 Å². The molecule has 0 atom stereocenters. The molecule has 1 fully saturated rings. The van der Waals surface area contributed by atoms with Crippen molar-refractivity contribution in [3.05, 3.63) is 54.1 Å². The van der Waals surface area contributed by atoms with Gasteiger partial charge < -0.3 is 14.4 Å². The molecule has 3 rings (SSSR count). The second-order valence-corrected chi connectivity index (χ2v) is 9.14. The Balaban J connectivity index is 1.40. The maximum absolute atomic E-state index is 12.5. The summed E-state index contributed by atoms with van der Waals surface area (Å²) in [5.41, 5.74) is 1.34. The summed E-state index contributed by atoms with van der Waals surface area (Å²) in [4.78, 5) is 5.03. The third-order valence-electron chi connectivity index (χ3n) is 5.32. The van der Waals surface area contributed by atoms with Crippen molar-refractivity contribution in [2.24, 2.45) is 0 Å². The number of piperazine rings is 1. The Labute approximate surface area is 179 Å². The molecule has 2 aromatic rings. The van der Waals surface area contributed by atoms with Gasteiger partial charge in [-0.15, -0.1) is 0 Å². The van der Waals surface area contributed by atoms with Gasteiger partial charge in [0.2, 0.25) is 10.0 Å². The Hall–Kier alpha value is -2.13. The van der Waals surface area contributed by atoms with Crippen LogP contribution < -0.4 is 14.2 Å². The molecular weight excluding hydrogens is 402 g/mol. The van der Waals surface area contributed by atoms with Crippen LogP contribution in [0.3, 0.4) is 0 Å². The van der Waals surface area contributed by atoms with Gasteiger partial charge in [-0.1, -0.05) is 30.3 Å². The predicted molar refractivity (Wildman–Crippen MR) is 118 cm³/mol. The van der Waals surface area contributed by atoms with E-state index in [-0.39, 0.29) is 4.90 Å². The number of methoxy groups -OCH3 is 2. The van der Waals surface area contributed by atoms with Gasteiger partial charge >= 0.3 is 0 Å². The number of rotatable bonds is 10. The zero-order valence-corrected chi connectivity index (χ0v) is 18.5. The zero-order valence-electron chi connectivity index (χ0n) is 17.7. The van der Waals surface area contributed by atoms with E-state index in [4.69, 9.17) is 9.47 Å². The summed E-state index contributed by atoms with van der Waals surface area (Å²) in [5.74, 6) is 0.900. The summed E-state index contributed by atoms with van der Waals surface area (Å²) in [6, 6.07) is 15.1. The van der Waals surface area contributed by atoms with Gasteiger partial charge in [0.25, 0.3) is 0 Å². The quantitative estimate of drug-likeness (QED) is 0.579. The lowest BCUT2D eigenvalue weighted by Gasteiger charge is -2.34. The van der Waals surface area contributed by atoms with Crippen molar-refractivity contribution in [3.8, 4) is 11.5 Å². The number of sulfonamides is 1. The fourth-order valence-electron chi connectivity index (χ4n) is 3.59. The molecular formula is C22H31N3O4S. The van der Waals surface area contributed by atoms with Crippen LogP contribution in [0.1, 0.15) is 12.0 Å². The minimum absolute atomic E-state index is 0.176. The molecule has 7 nitrogen and oxygen atoms in total. The normalized spacial score (nSPS) is 15.8. The molecule has 1 saturated heterocycles. The van der Waals surface area contributed by atoms with E-state index in [2.05, 4.69) is 38.8 Å². The molecule has 164 valence electrons. The maximum atomic E-state index is 12.5. The van der Waals surface area contributed by atoms with Crippen LogP contribution in [0.5, 0.6) is 11.5 Å². The third-order valence-corrected chi connectivity index (χ3v) is 6.78. The van der Waals surface area contributed by atoms with E-state index in [9.17, 15) is 8.42 Å². The highest BCUT2D eigenvalue weighted by atomic mass is 32.2. The molecule has 1 N–H and O–H groups in total. The zero-order chi connectivity index (χ0) is 21.4. The molecule has 0 radical (unpaired) electrons. The molecule has 0 aliphatic carbocycles. The molecule has 1 aliphatic heterocycles. The standard InChI is InChI=1S/C22H31N3O4S/c1-28-21-10-9-20(17-22(21)29-2)30(26,27)23-11-6-12-24-13-15-25(16-14-24)18-19-7-4-3-5-8-19/h3-5,7-10,17,23H,6,11-16,18H2,1-2H3. The highest BCUT2D eigenvalue weighted by Crippen LogP contribution is 2.29. The molecule has 8 heteroatoms. The summed E-state index contributed by atoms with van der Waals surface area (Å²) in [7, 11) is -0.570. The molecule has 30 heavy (non-hydrogen) atoms. The van der Waals surface area contributed by atoms with Crippen molar-refractivity contribution in [1.29, 1.82) is 0 Å². The molecule has 1 heterocycles. The molecule has 0 amide bonds.